The highest BCUT2D eigenvalue weighted by Gasteiger charge is 2.34. The summed E-state index contributed by atoms with van der Waals surface area (Å²) < 4.78 is 5.96. The highest BCUT2D eigenvalue weighted by atomic mass is 16.6. The molecule has 0 unspecified atom stereocenters. The van der Waals surface area contributed by atoms with E-state index in [1.165, 1.54) is 6.07 Å². The lowest BCUT2D eigenvalue weighted by atomic mass is 9.89. The lowest BCUT2D eigenvalue weighted by Gasteiger charge is -2.37. The van der Waals surface area contributed by atoms with Crippen molar-refractivity contribution in [3.05, 3.63) is 69.3 Å². The number of benzene rings is 2. The fraction of sp³-hybridized carbons (Fsp3) is 0.316. The van der Waals surface area contributed by atoms with Gasteiger partial charge in [-0.3, -0.25) is 14.9 Å². The van der Waals surface area contributed by atoms with Crippen LogP contribution in [0, 0.1) is 17.0 Å². The van der Waals surface area contributed by atoms with E-state index in [4.69, 9.17) is 4.74 Å². The normalized spacial score (nSPS) is 18.0. The van der Waals surface area contributed by atoms with Crippen LogP contribution in [0.4, 0.5) is 5.69 Å². The number of carbonyl (C=O) groups excluding carboxylic acids is 1. The van der Waals surface area contributed by atoms with Crippen LogP contribution >= 0.6 is 0 Å². The first-order valence-corrected chi connectivity index (χ1v) is 8.11. The second-order valence-electron chi connectivity index (χ2n) is 6.89. The van der Waals surface area contributed by atoms with Gasteiger partial charge in [0.05, 0.1) is 11.0 Å². The first-order valence-electron chi connectivity index (χ1n) is 8.11. The third-order valence-corrected chi connectivity index (χ3v) is 4.35. The van der Waals surface area contributed by atoms with Crippen LogP contribution in [0.1, 0.15) is 47.8 Å². The van der Waals surface area contributed by atoms with E-state index < -0.39 is 10.5 Å². The number of nitrogens with one attached hydrogen (secondary N) is 1. The molecule has 0 aromatic heterocycles. The molecule has 0 bridgehead atoms. The van der Waals surface area contributed by atoms with Crippen LogP contribution in [0.2, 0.25) is 0 Å². The van der Waals surface area contributed by atoms with Crippen LogP contribution in [0.15, 0.2) is 42.5 Å². The highest BCUT2D eigenvalue weighted by Crippen LogP contribution is 2.39. The highest BCUT2D eigenvalue weighted by molar-refractivity contribution is 5.95. The number of fused-ring (bicyclic) bond motifs is 1. The van der Waals surface area contributed by atoms with Crippen molar-refractivity contribution in [2.75, 3.05) is 0 Å². The monoisotopic (exact) mass is 340 g/mol. The van der Waals surface area contributed by atoms with Gasteiger partial charge in [-0.05, 0) is 32.9 Å². The summed E-state index contributed by atoms with van der Waals surface area (Å²) in [6, 6.07) is 11.9. The summed E-state index contributed by atoms with van der Waals surface area (Å²) in [6.45, 7) is 5.59. The molecule has 1 N–H and O–H groups in total. The predicted molar refractivity (Wildman–Crippen MR) is 93.8 cm³/mol. The molecule has 130 valence electrons. The maximum atomic E-state index is 12.6. The Morgan fingerprint density at radius 2 is 2.00 bits per heavy atom. The van der Waals surface area contributed by atoms with Gasteiger partial charge >= 0.3 is 0 Å². The Balaban J connectivity index is 1.88. The molecule has 1 heterocycles. The maximum Gasteiger partial charge on any atom is 0.273 e. The van der Waals surface area contributed by atoms with E-state index in [2.05, 4.69) is 5.32 Å². The molecule has 6 heteroatoms. The van der Waals surface area contributed by atoms with E-state index in [9.17, 15) is 14.9 Å². The van der Waals surface area contributed by atoms with Crippen molar-refractivity contribution in [1.82, 2.24) is 5.32 Å². The zero-order chi connectivity index (χ0) is 18.2. The number of ether oxygens (including phenoxy) is 1. The Hall–Kier alpha value is -2.89. The number of para-hydroxylation sites is 1. The summed E-state index contributed by atoms with van der Waals surface area (Å²) in [5, 5.41) is 14.1. The molecule has 1 aliphatic heterocycles. The van der Waals surface area contributed by atoms with Gasteiger partial charge in [0.1, 0.15) is 11.4 Å². The molecule has 0 radical (unpaired) electrons. The molecule has 0 saturated carbocycles. The van der Waals surface area contributed by atoms with Gasteiger partial charge in [0.15, 0.2) is 0 Å². The third kappa shape index (κ3) is 3.47. The number of carbonyl (C=O) groups is 1. The van der Waals surface area contributed by atoms with Crippen molar-refractivity contribution in [2.45, 2.75) is 38.8 Å². The number of rotatable bonds is 3. The molecule has 0 aliphatic carbocycles. The van der Waals surface area contributed by atoms with E-state index in [1.807, 2.05) is 38.1 Å². The average molecular weight is 340 g/mol. The van der Waals surface area contributed by atoms with E-state index in [0.717, 1.165) is 11.3 Å². The number of hydrogen-bond acceptors (Lipinski definition) is 4. The smallest absolute Gasteiger partial charge is 0.273 e. The van der Waals surface area contributed by atoms with E-state index in [0.29, 0.717) is 12.0 Å². The van der Waals surface area contributed by atoms with Crippen LogP contribution in [0.5, 0.6) is 5.75 Å². The number of nitro groups is 1. The van der Waals surface area contributed by atoms with Crippen molar-refractivity contribution >= 4 is 11.6 Å². The quantitative estimate of drug-likeness (QED) is 0.678. The molecule has 1 aliphatic rings. The fourth-order valence-electron chi connectivity index (χ4n) is 3.12. The van der Waals surface area contributed by atoms with Gasteiger partial charge in [-0.1, -0.05) is 24.3 Å². The fourth-order valence-corrected chi connectivity index (χ4v) is 3.12. The van der Waals surface area contributed by atoms with Gasteiger partial charge in [0, 0.05) is 29.2 Å². The van der Waals surface area contributed by atoms with Crippen LogP contribution in [-0.2, 0) is 0 Å². The Labute approximate surface area is 146 Å². The summed E-state index contributed by atoms with van der Waals surface area (Å²) in [6.07, 6.45) is 0.615. The lowest BCUT2D eigenvalue weighted by Crippen LogP contribution is -2.41. The van der Waals surface area contributed by atoms with E-state index in [-0.39, 0.29) is 23.2 Å². The first kappa shape index (κ1) is 17.0. The van der Waals surface area contributed by atoms with Gasteiger partial charge in [-0.2, -0.15) is 0 Å². The van der Waals surface area contributed by atoms with Gasteiger partial charge in [-0.15, -0.1) is 0 Å². The second-order valence-corrected chi connectivity index (χ2v) is 6.89. The summed E-state index contributed by atoms with van der Waals surface area (Å²) in [4.78, 5) is 23.3. The molecule has 0 saturated heterocycles. The molecule has 1 atom stereocenters. The van der Waals surface area contributed by atoms with Crippen molar-refractivity contribution in [3.63, 3.8) is 0 Å². The van der Waals surface area contributed by atoms with Gasteiger partial charge in [0.2, 0.25) is 0 Å². The Bertz CT molecular complexity index is 845. The molecule has 6 nitrogen and oxygen atoms in total. The second kappa shape index (κ2) is 6.20. The summed E-state index contributed by atoms with van der Waals surface area (Å²) in [5.41, 5.74) is 1.25. The number of nitro benzene ring substituents is 1. The molecule has 2 aromatic rings. The minimum atomic E-state index is -0.473. The number of aryl methyl sites for hydroxylation is 1. The molecular weight excluding hydrogens is 320 g/mol. The Morgan fingerprint density at radius 3 is 2.72 bits per heavy atom. The summed E-state index contributed by atoms with van der Waals surface area (Å²) in [7, 11) is 0. The Morgan fingerprint density at radius 1 is 1.28 bits per heavy atom. The van der Waals surface area contributed by atoms with Gasteiger partial charge in [0.25, 0.3) is 11.6 Å². The molecule has 25 heavy (non-hydrogen) atoms. The van der Waals surface area contributed by atoms with Crippen molar-refractivity contribution in [1.29, 1.82) is 0 Å². The van der Waals surface area contributed by atoms with Crippen LogP contribution in [0.25, 0.3) is 0 Å². The summed E-state index contributed by atoms with van der Waals surface area (Å²) >= 11 is 0. The SMILES string of the molecule is Cc1ccc(C(=O)N[C@H]2CC(C)(C)Oc3ccccc32)cc1[N+](=O)[O-]. The maximum absolute atomic E-state index is 12.6. The lowest BCUT2D eigenvalue weighted by molar-refractivity contribution is -0.385. The minimum Gasteiger partial charge on any atom is -0.487 e. The van der Waals surface area contributed by atoms with Crippen molar-refractivity contribution in [2.24, 2.45) is 0 Å². The molecule has 1 amide bonds. The largest absolute Gasteiger partial charge is 0.487 e. The summed E-state index contributed by atoms with van der Waals surface area (Å²) in [5.74, 6) is 0.416. The number of amides is 1. The predicted octanol–water partition coefficient (Wildman–Crippen LogP) is 3.94. The Kier molecular flexibility index (Phi) is 4.20. The molecule has 3 rings (SSSR count). The topological polar surface area (TPSA) is 81.5 Å². The van der Waals surface area contributed by atoms with E-state index >= 15 is 0 Å². The minimum absolute atomic E-state index is 0.0552. The van der Waals surface area contributed by atoms with Gasteiger partial charge < -0.3 is 10.1 Å². The zero-order valence-electron chi connectivity index (χ0n) is 14.4. The van der Waals surface area contributed by atoms with E-state index in [1.54, 1.807) is 19.1 Å². The molecular formula is C19H20N2O4. The van der Waals surface area contributed by atoms with Gasteiger partial charge in [-0.25, -0.2) is 0 Å². The van der Waals surface area contributed by atoms with Crippen LogP contribution < -0.4 is 10.1 Å². The van der Waals surface area contributed by atoms with Crippen LogP contribution in [0.3, 0.4) is 0 Å². The number of hydrogen-bond donors (Lipinski definition) is 1. The standard InChI is InChI=1S/C19H20N2O4/c1-12-8-9-13(10-16(12)21(23)24)18(22)20-15-11-19(2,3)25-17-7-5-4-6-14(15)17/h4-10,15H,11H2,1-3H3,(H,20,22)/t15-/m0/s1. The molecule has 2 aromatic carbocycles. The average Bonchev–Trinajstić information content (AvgIpc) is 2.53. The third-order valence-electron chi connectivity index (χ3n) is 4.35. The molecule has 0 fully saturated rings. The first-order chi connectivity index (χ1) is 11.8. The zero-order valence-corrected chi connectivity index (χ0v) is 14.4. The van der Waals surface area contributed by atoms with Crippen molar-refractivity contribution in [3.8, 4) is 5.75 Å². The van der Waals surface area contributed by atoms with Crippen molar-refractivity contribution < 1.29 is 14.5 Å². The molecule has 0 spiro atoms. The number of nitrogens with zero attached hydrogens (tertiary/aromatic N) is 1. The van der Waals surface area contributed by atoms with Crippen LogP contribution in [-0.4, -0.2) is 16.4 Å².